The Morgan fingerprint density at radius 3 is 2.45 bits per heavy atom. The summed E-state index contributed by atoms with van der Waals surface area (Å²) in [7, 11) is -2.63. The van der Waals surface area contributed by atoms with Gasteiger partial charge >= 0.3 is 12.3 Å². The van der Waals surface area contributed by atoms with Crippen LogP contribution in [0.5, 0.6) is 17.5 Å². The highest BCUT2D eigenvalue weighted by Gasteiger charge is 2.64. The third kappa shape index (κ3) is 8.55. The Balaban J connectivity index is 1.44. The monoisotopic (exact) mass is 865 g/mol. The fourth-order valence-corrected chi connectivity index (χ4v) is 9.67. The van der Waals surface area contributed by atoms with Gasteiger partial charge in [0.25, 0.3) is 5.91 Å². The zero-order chi connectivity index (χ0) is 44.2. The number of alkyl halides is 3. The molecule has 4 amide bonds. The van der Waals surface area contributed by atoms with Crippen LogP contribution < -0.4 is 24.2 Å². The van der Waals surface area contributed by atoms with E-state index >= 15 is 4.79 Å². The molecule has 3 fully saturated rings. The Labute approximate surface area is 347 Å². The van der Waals surface area contributed by atoms with E-state index in [9.17, 15) is 41.1 Å². The molecule has 1 saturated heterocycles. The van der Waals surface area contributed by atoms with Crippen molar-refractivity contribution in [3.05, 3.63) is 36.4 Å². The summed E-state index contributed by atoms with van der Waals surface area (Å²) in [5.74, 6) is -3.90. The van der Waals surface area contributed by atoms with E-state index in [-0.39, 0.29) is 55.0 Å². The summed E-state index contributed by atoms with van der Waals surface area (Å²) in [5.41, 5.74) is -4.78. The molecule has 2 saturated carbocycles. The number of rotatable bonds is 10. The molecule has 60 heavy (non-hydrogen) atoms. The molecule has 2 aliphatic heterocycles. The fraction of sp³-hybridized carbons (Fsp3) is 0.634. The van der Waals surface area contributed by atoms with Gasteiger partial charge in [-0.15, -0.1) is 0 Å². The number of halogens is 3. The molecule has 15 nitrogen and oxygen atoms in total. The number of benzene rings is 1. The van der Waals surface area contributed by atoms with Crippen LogP contribution in [-0.2, 0) is 24.4 Å². The Hall–Kier alpha value is -4.81. The molecule has 7 atom stereocenters. The van der Waals surface area contributed by atoms with Crippen LogP contribution in [-0.4, -0.2) is 113 Å². The normalized spacial score (nSPS) is 28.3. The second-order valence-corrected chi connectivity index (χ2v) is 19.6. The van der Waals surface area contributed by atoms with E-state index in [1.54, 1.807) is 43.3 Å². The first-order valence-electron chi connectivity index (χ1n) is 20.2. The maximum absolute atomic E-state index is 15.1. The minimum Gasteiger partial charge on any atom is -0.497 e. The first-order valence-corrected chi connectivity index (χ1v) is 21.7. The number of ether oxygens (including phenoxy) is 3. The topological polar surface area (TPSA) is 194 Å². The summed E-state index contributed by atoms with van der Waals surface area (Å²) in [4.78, 5) is 62.4. The van der Waals surface area contributed by atoms with Crippen LogP contribution in [0.1, 0.15) is 86.5 Å². The number of methoxy groups -OCH3 is 1. The van der Waals surface area contributed by atoms with Crippen LogP contribution in [0.4, 0.5) is 18.0 Å². The first kappa shape index (κ1) is 44.7. The number of allylic oxidation sites excluding steroid dienone is 1. The number of carboxylic acid groups (broad SMARTS) is 1. The molecule has 2 aromatic rings. The number of carbonyl (C=O) groups excluding carboxylic acids is 3. The molecule has 2 aliphatic carbocycles. The molecule has 19 heteroatoms. The average molecular weight is 866 g/mol. The third-order valence-electron chi connectivity index (χ3n) is 12.5. The standard InChI is InChI=1S/C41H54F3N5O10S/c1-8-58-31-19-25-18-27(57-7)13-14-29(25)34(45-31)59-28-20-30-33(50)46-40(36(52)47-60(55,56)39(6)15-16-39)21-26(40)12-10-9-11-23(2)17-24(3)32(35(51)48(30)22-28)49(37(53)54)38(4,5)41(42,43)44/h10,12-14,18-19,23-24,26,28,30,32H,8-9,11,15-17,20-22H2,1-7H3,(H,46,50)(H,47,52)(H,53,54)/t23-,24-,26-,28-,30+,32+,40-/m1/s1. The van der Waals surface area contributed by atoms with Crippen LogP contribution in [0.25, 0.3) is 10.8 Å². The van der Waals surface area contributed by atoms with Crippen molar-refractivity contribution in [1.29, 1.82) is 0 Å². The van der Waals surface area contributed by atoms with Crippen molar-refractivity contribution in [2.24, 2.45) is 17.8 Å². The number of hydrogen-bond donors (Lipinski definition) is 3. The average Bonchev–Trinajstić information content (AvgIpc) is 4.04. The molecule has 3 N–H and O–H groups in total. The van der Waals surface area contributed by atoms with Crippen LogP contribution >= 0.6 is 0 Å². The second-order valence-electron chi connectivity index (χ2n) is 17.4. The lowest BCUT2D eigenvalue weighted by atomic mass is 9.85. The summed E-state index contributed by atoms with van der Waals surface area (Å²) in [6, 6.07) is 3.36. The number of hydrogen-bond acceptors (Lipinski definition) is 10. The predicted octanol–water partition coefficient (Wildman–Crippen LogP) is 5.57. The Kier molecular flexibility index (Phi) is 12.1. The summed E-state index contributed by atoms with van der Waals surface area (Å²) in [6.45, 7) is 7.89. The van der Waals surface area contributed by atoms with E-state index in [1.807, 2.05) is 6.92 Å². The minimum absolute atomic E-state index is 0.0409. The second kappa shape index (κ2) is 16.2. The molecule has 0 spiro atoms. The highest BCUT2D eigenvalue weighted by Crippen LogP contribution is 2.48. The third-order valence-corrected chi connectivity index (χ3v) is 14.7. The van der Waals surface area contributed by atoms with Gasteiger partial charge in [0, 0.05) is 23.8 Å². The largest absolute Gasteiger partial charge is 0.497 e. The fourth-order valence-electron chi connectivity index (χ4n) is 8.36. The Bertz CT molecular complexity index is 2160. The van der Waals surface area contributed by atoms with Crippen LogP contribution in [0.15, 0.2) is 36.4 Å². The Morgan fingerprint density at radius 1 is 1.13 bits per heavy atom. The van der Waals surface area contributed by atoms with Crippen molar-refractivity contribution in [3.8, 4) is 17.5 Å². The molecule has 0 radical (unpaired) electrons. The number of nitrogens with one attached hydrogen (secondary N) is 2. The van der Waals surface area contributed by atoms with Gasteiger partial charge in [0.1, 0.15) is 35.0 Å². The van der Waals surface area contributed by atoms with Gasteiger partial charge in [-0.25, -0.2) is 13.2 Å². The number of sulfonamides is 1. The Morgan fingerprint density at radius 2 is 1.83 bits per heavy atom. The van der Waals surface area contributed by atoms with E-state index < -0.39 is 85.9 Å². The van der Waals surface area contributed by atoms with Crippen molar-refractivity contribution < 1.29 is 60.1 Å². The van der Waals surface area contributed by atoms with Crippen molar-refractivity contribution >= 4 is 44.6 Å². The number of pyridine rings is 1. The zero-order valence-corrected chi connectivity index (χ0v) is 35.6. The van der Waals surface area contributed by atoms with E-state index in [0.29, 0.717) is 56.1 Å². The zero-order valence-electron chi connectivity index (χ0n) is 34.8. The molecule has 1 aromatic heterocycles. The number of aromatic nitrogens is 1. The van der Waals surface area contributed by atoms with Crippen LogP contribution in [0, 0.1) is 17.8 Å². The molecule has 6 rings (SSSR count). The quantitative estimate of drug-likeness (QED) is 0.253. The number of amides is 4. The van der Waals surface area contributed by atoms with Crippen molar-refractivity contribution in [1.82, 2.24) is 24.8 Å². The van der Waals surface area contributed by atoms with Gasteiger partial charge < -0.3 is 29.5 Å². The van der Waals surface area contributed by atoms with Gasteiger partial charge in [0.05, 0.1) is 25.0 Å². The molecule has 330 valence electrons. The highest BCUT2D eigenvalue weighted by atomic mass is 32.2. The minimum atomic E-state index is -5.11. The van der Waals surface area contributed by atoms with E-state index in [2.05, 4.69) is 15.0 Å². The molecular formula is C41H54F3N5O10S. The summed E-state index contributed by atoms with van der Waals surface area (Å²) in [6.07, 6.45) is -2.98. The molecule has 3 heterocycles. The van der Waals surface area contributed by atoms with E-state index in [1.165, 1.54) is 21.0 Å². The van der Waals surface area contributed by atoms with Crippen molar-refractivity contribution in [3.63, 3.8) is 0 Å². The van der Waals surface area contributed by atoms with Gasteiger partial charge in [-0.2, -0.15) is 18.2 Å². The van der Waals surface area contributed by atoms with Gasteiger partial charge in [-0.1, -0.05) is 26.0 Å². The predicted molar refractivity (Wildman–Crippen MR) is 213 cm³/mol. The molecular weight excluding hydrogens is 812 g/mol. The van der Waals surface area contributed by atoms with Gasteiger partial charge in [0.2, 0.25) is 33.6 Å². The lowest BCUT2D eigenvalue weighted by Gasteiger charge is -2.45. The van der Waals surface area contributed by atoms with Crippen LogP contribution in [0.3, 0.4) is 0 Å². The summed E-state index contributed by atoms with van der Waals surface area (Å²) >= 11 is 0. The van der Waals surface area contributed by atoms with Gasteiger partial charge in [-0.3, -0.25) is 24.0 Å². The smallest absolute Gasteiger partial charge is 0.411 e. The number of fused-ring (bicyclic) bond motifs is 3. The van der Waals surface area contributed by atoms with Crippen molar-refractivity contribution in [2.75, 3.05) is 20.3 Å². The molecule has 0 bridgehead atoms. The maximum Gasteiger partial charge on any atom is 0.411 e. The maximum atomic E-state index is 15.1. The lowest BCUT2D eigenvalue weighted by Crippen LogP contribution is -2.66. The molecule has 0 unspecified atom stereocenters. The van der Waals surface area contributed by atoms with Gasteiger partial charge in [0.15, 0.2) is 0 Å². The van der Waals surface area contributed by atoms with Crippen LogP contribution in [0.2, 0.25) is 0 Å². The number of nitrogens with zero attached hydrogens (tertiary/aromatic N) is 3. The highest BCUT2D eigenvalue weighted by molar-refractivity contribution is 7.91. The van der Waals surface area contributed by atoms with Crippen molar-refractivity contribution in [2.45, 2.75) is 127 Å². The first-order chi connectivity index (χ1) is 28.0. The summed E-state index contributed by atoms with van der Waals surface area (Å²) < 4.78 is 89.2. The van der Waals surface area contributed by atoms with Gasteiger partial charge in [-0.05, 0) is 102 Å². The summed E-state index contributed by atoms with van der Waals surface area (Å²) in [5, 5.41) is 14.4. The SMILES string of the molecule is CCOc1cc2cc(OC)ccc2c(O[C@@H]2C[C@H]3C(=O)N[C@]4(C(=O)NS(=O)(=O)C5(C)CC5)C[C@H]4C=CCC[C@@H](C)C[C@@H](C)[C@H](N(C(=O)O)C(C)(C)C(F)(F)F)C(=O)N3C2)n1. The van der Waals surface area contributed by atoms with E-state index in [0.717, 1.165) is 4.90 Å². The van der Waals surface area contributed by atoms with E-state index in [4.69, 9.17) is 14.2 Å². The molecule has 1 aromatic carbocycles. The molecule has 4 aliphatic rings. The number of carbonyl (C=O) groups is 4. The lowest BCUT2D eigenvalue weighted by molar-refractivity contribution is -0.222.